The Morgan fingerprint density at radius 1 is 1.71 bits per heavy atom. The van der Waals surface area contributed by atoms with Crippen LogP contribution in [0.1, 0.15) is 19.7 Å². The van der Waals surface area contributed by atoms with Crippen LogP contribution in [0.15, 0.2) is 12.4 Å². The second-order valence-electron chi connectivity index (χ2n) is 3.90. The molecule has 1 heterocycles. The second kappa shape index (κ2) is 3.42. The highest BCUT2D eigenvalue weighted by atomic mass is 16.4. The van der Waals surface area contributed by atoms with E-state index >= 15 is 0 Å². The number of imidazole rings is 1. The van der Waals surface area contributed by atoms with Crippen molar-refractivity contribution >= 4 is 5.97 Å². The molecule has 3 N–H and O–H groups in total. The molecule has 0 aliphatic heterocycles. The first-order chi connectivity index (χ1) is 6.37. The zero-order valence-electron chi connectivity index (χ0n) is 8.56. The molecule has 0 fully saturated rings. The molecule has 1 rings (SSSR count). The van der Waals surface area contributed by atoms with Gasteiger partial charge in [-0.1, -0.05) is 13.8 Å². The summed E-state index contributed by atoms with van der Waals surface area (Å²) in [6.45, 7) is 3.54. The van der Waals surface area contributed by atoms with E-state index in [1.807, 2.05) is 7.05 Å². The molecule has 0 bridgehead atoms. The van der Waals surface area contributed by atoms with Crippen LogP contribution in [0.3, 0.4) is 0 Å². The minimum atomic E-state index is -1.02. The van der Waals surface area contributed by atoms with Crippen molar-refractivity contribution in [2.45, 2.75) is 25.3 Å². The molecule has 1 unspecified atom stereocenters. The summed E-state index contributed by atoms with van der Waals surface area (Å²) in [5.74, 6) is -0.342. The van der Waals surface area contributed by atoms with E-state index in [1.54, 1.807) is 30.8 Å². The first-order valence-corrected chi connectivity index (χ1v) is 4.33. The molecule has 0 aliphatic rings. The molecular formula is C9H15N3O2. The number of aliphatic carboxylic acids is 1. The zero-order chi connectivity index (χ0) is 10.9. The molecule has 0 aromatic carbocycles. The van der Waals surface area contributed by atoms with Gasteiger partial charge in [-0.3, -0.25) is 4.79 Å². The van der Waals surface area contributed by atoms with Crippen LogP contribution in [0, 0.1) is 0 Å². The van der Waals surface area contributed by atoms with Crippen molar-refractivity contribution in [2.24, 2.45) is 12.8 Å². The van der Waals surface area contributed by atoms with E-state index < -0.39 is 17.4 Å². The average molecular weight is 197 g/mol. The minimum Gasteiger partial charge on any atom is -0.480 e. The molecule has 5 heteroatoms. The molecule has 0 saturated heterocycles. The Morgan fingerprint density at radius 2 is 2.29 bits per heavy atom. The van der Waals surface area contributed by atoms with Crippen LogP contribution in [-0.4, -0.2) is 26.7 Å². The van der Waals surface area contributed by atoms with Crippen molar-refractivity contribution in [1.29, 1.82) is 0 Å². The third-order valence-corrected chi connectivity index (χ3v) is 2.44. The number of rotatable bonds is 3. The lowest BCUT2D eigenvalue weighted by Gasteiger charge is -2.27. The Morgan fingerprint density at radius 3 is 2.64 bits per heavy atom. The average Bonchev–Trinajstić information content (AvgIpc) is 2.50. The predicted molar refractivity (Wildman–Crippen MR) is 51.8 cm³/mol. The fourth-order valence-electron chi connectivity index (χ4n) is 1.43. The summed E-state index contributed by atoms with van der Waals surface area (Å²) in [7, 11) is 1.82. The highest BCUT2D eigenvalue weighted by molar-refractivity contribution is 5.75. The third-order valence-electron chi connectivity index (χ3n) is 2.44. The molecule has 0 saturated carbocycles. The quantitative estimate of drug-likeness (QED) is 0.720. The fraction of sp³-hybridized carbons (Fsp3) is 0.556. The van der Waals surface area contributed by atoms with Gasteiger partial charge in [0.1, 0.15) is 11.9 Å². The Labute approximate surface area is 82.6 Å². The van der Waals surface area contributed by atoms with Crippen molar-refractivity contribution < 1.29 is 9.90 Å². The molecule has 5 nitrogen and oxygen atoms in total. The van der Waals surface area contributed by atoms with Crippen LogP contribution in [0.5, 0.6) is 0 Å². The van der Waals surface area contributed by atoms with Crippen molar-refractivity contribution in [3.63, 3.8) is 0 Å². The Hall–Kier alpha value is -1.36. The topological polar surface area (TPSA) is 81.1 Å². The molecule has 0 radical (unpaired) electrons. The number of aryl methyl sites for hydroxylation is 1. The number of nitrogens with zero attached hydrogens (tertiary/aromatic N) is 2. The van der Waals surface area contributed by atoms with Crippen LogP contribution >= 0.6 is 0 Å². The number of hydrogen-bond acceptors (Lipinski definition) is 3. The first-order valence-electron chi connectivity index (χ1n) is 4.33. The Kier molecular flexibility index (Phi) is 2.62. The molecule has 1 atom stereocenters. The van der Waals surface area contributed by atoms with Crippen LogP contribution in [0.25, 0.3) is 0 Å². The summed E-state index contributed by atoms with van der Waals surface area (Å²) >= 11 is 0. The van der Waals surface area contributed by atoms with E-state index in [0.717, 1.165) is 0 Å². The van der Waals surface area contributed by atoms with Crippen molar-refractivity contribution in [2.75, 3.05) is 0 Å². The lowest BCUT2D eigenvalue weighted by molar-refractivity contribution is -0.140. The number of aromatic nitrogens is 2. The fourth-order valence-corrected chi connectivity index (χ4v) is 1.43. The van der Waals surface area contributed by atoms with Crippen LogP contribution in [0.2, 0.25) is 0 Å². The Bertz CT molecular complexity index is 344. The maximum atomic E-state index is 10.8. The van der Waals surface area contributed by atoms with Gasteiger partial charge in [-0.25, -0.2) is 4.98 Å². The molecule has 78 valence electrons. The summed E-state index contributed by atoms with van der Waals surface area (Å²) in [5, 5.41) is 8.85. The van der Waals surface area contributed by atoms with Crippen molar-refractivity contribution in [1.82, 2.24) is 9.55 Å². The molecule has 1 aromatic heterocycles. The van der Waals surface area contributed by atoms with Gasteiger partial charge < -0.3 is 15.4 Å². The van der Waals surface area contributed by atoms with E-state index in [-0.39, 0.29) is 0 Å². The highest BCUT2D eigenvalue weighted by Gasteiger charge is 2.36. The van der Waals surface area contributed by atoms with E-state index in [9.17, 15) is 4.79 Å². The first kappa shape index (κ1) is 10.7. The summed E-state index contributed by atoms with van der Waals surface area (Å²) in [6.07, 6.45) is 3.40. The van der Waals surface area contributed by atoms with Gasteiger partial charge in [-0.05, 0) is 0 Å². The molecule has 14 heavy (non-hydrogen) atoms. The summed E-state index contributed by atoms with van der Waals surface area (Å²) in [4.78, 5) is 14.9. The number of carboxylic acids is 1. The van der Waals surface area contributed by atoms with Gasteiger partial charge in [0.25, 0.3) is 0 Å². The summed E-state index contributed by atoms with van der Waals surface area (Å²) < 4.78 is 1.78. The van der Waals surface area contributed by atoms with Gasteiger partial charge in [-0.15, -0.1) is 0 Å². The Balaban J connectivity index is 3.07. The zero-order valence-corrected chi connectivity index (χ0v) is 8.56. The maximum Gasteiger partial charge on any atom is 0.321 e. The van der Waals surface area contributed by atoms with Gasteiger partial charge in [0, 0.05) is 24.9 Å². The molecule has 0 spiro atoms. The number of nitrogens with two attached hydrogens (primary N) is 1. The lowest BCUT2D eigenvalue weighted by atomic mass is 9.84. The third kappa shape index (κ3) is 1.63. The molecule has 1 aromatic rings. The molecular weight excluding hydrogens is 182 g/mol. The van der Waals surface area contributed by atoms with E-state index in [0.29, 0.717) is 5.82 Å². The summed E-state index contributed by atoms with van der Waals surface area (Å²) in [6, 6.07) is -0.955. The minimum absolute atomic E-state index is 0.674. The summed E-state index contributed by atoms with van der Waals surface area (Å²) in [5.41, 5.74) is 4.92. The number of hydrogen-bond donors (Lipinski definition) is 2. The second-order valence-corrected chi connectivity index (χ2v) is 3.90. The largest absolute Gasteiger partial charge is 0.480 e. The monoisotopic (exact) mass is 197 g/mol. The highest BCUT2D eigenvalue weighted by Crippen LogP contribution is 2.24. The normalized spacial score (nSPS) is 14.0. The molecule has 0 amide bonds. The predicted octanol–water partition coefficient (Wildman–Crippen LogP) is 0.110. The van der Waals surface area contributed by atoms with E-state index in [2.05, 4.69) is 4.98 Å². The van der Waals surface area contributed by atoms with Crippen LogP contribution < -0.4 is 5.73 Å². The molecule has 0 aliphatic carbocycles. The van der Waals surface area contributed by atoms with E-state index in [4.69, 9.17) is 10.8 Å². The van der Waals surface area contributed by atoms with Crippen LogP contribution in [0.4, 0.5) is 0 Å². The standard InChI is InChI=1S/C9H15N3O2/c1-9(2,6(10)7(13)14)8-11-4-5-12(8)3/h4-6H,10H2,1-3H3,(H,13,14). The van der Waals surface area contributed by atoms with Crippen molar-refractivity contribution in [3.05, 3.63) is 18.2 Å². The smallest absolute Gasteiger partial charge is 0.321 e. The van der Waals surface area contributed by atoms with Gasteiger partial charge >= 0.3 is 5.97 Å². The SMILES string of the molecule is Cn1ccnc1C(C)(C)C(N)C(=O)O. The number of carboxylic acid groups (broad SMARTS) is 1. The van der Waals surface area contributed by atoms with Crippen molar-refractivity contribution in [3.8, 4) is 0 Å². The maximum absolute atomic E-state index is 10.8. The van der Waals surface area contributed by atoms with Gasteiger partial charge in [0.15, 0.2) is 0 Å². The van der Waals surface area contributed by atoms with Gasteiger partial charge in [0.2, 0.25) is 0 Å². The van der Waals surface area contributed by atoms with Gasteiger partial charge in [0.05, 0.1) is 0 Å². The number of carbonyl (C=O) groups is 1. The van der Waals surface area contributed by atoms with Gasteiger partial charge in [-0.2, -0.15) is 0 Å². The van der Waals surface area contributed by atoms with Crippen LogP contribution in [-0.2, 0) is 17.3 Å². The lowest BCUT2D eigenvalue weighted by Crippen LogP contribution is -2.48. The van der Waals surface area contributed by atoms with E-state index in [1.165, 1.54) is 0 Å².